The molecule has 0 radical (unpaired) electrons. The number of fused-ring (bicyclic) bond motifs is 1. The van der Waals surface area contributed by atoms with E-state index in [0.29, 0.717) is 12.2 Å². The Balaban J connectivity index is 1.54. The standard InChI is InChI=1S/C20H26N2O6S2/c1-26-16-11-14-5-9-22(13-15(14)12-17(16)27-2)8-4-7-21-30(24,25)18-6-10-29-19(18)20(23)28-3/h6,10-12,21H,4-5,7-9,13H2,1-3H3. The van der Waals surface area contributed by atoms with Gasteiger partial charge in [0.1, 0.15) is 9.77 Å². The van der Waals surface area contributed by atoms with Crippen LogP contribution in [0.15, 0.2) is 28.5 Å². The normalized spacial score (nSPS) is 14.2. The van der Waals surface area contributed by atoms with Gasteiger partial charge in [-0.3, -0.25) is 4.90 Å². The number of benzene rings is 1. The minimum Gasteiger partial charge on any atom is -0.493 e. The van der Waals surface area contributed by atoms with Crippen LogP contribution < -0.4 is 14.2 Å². The summed E-state index contributed by atoms with van der Waals surface area (Å²) in [5.74, 6) is 0.798. The monoisotopic (exact) mass is 454 g/mol. The van der Waals surface area contributed by atoms with Gasteiger partial charge in [-0.1, -0.05) is 0 Å². The van der Waals surface area contributed by atoms with Gasteiger partial charge in [-0.05, 0) is 54.1 Å². The van der Waals surface area contributed by atoms with Gasteiger partial charge in [-0.2, -0.15) is 0 Å². The Morgan fingerprint density at radius 1 is 1.17 bits per heavy atom. The Labute approximate surface area is 180 Å². The van der Waals surface area contributed by atoms with Crippen LogP contribution in [0, 0.1) is 0 Å². The Morgan fingerprint density at radius 2 is 1.87 bits per heavy atom. The van der Waals surface area contributed by atoms with Crippen molar-refractivity contribution in [2.45, 2.75) is 24.3 Å². The molecule has 1 aliphatic heterocycles. The predicted octanol–water partition coefficient (Wildman–Crippen LogP) is 2.28. The SMILES string of the molecule is COC(=O)c1sccc1S(=O)(=O)NCCCN1CCc2cc(OC)c(OC)cc2C1. The largest absolute Gasteiger partial charge is 0.493 e. The van der Waals surface area contributed by atoms with Crippen molar-refractivity contribution in [3.8, 4) is 11.5 Å². The Hall–Kier alpha value is -2.14. The molecule has 0 amide bonds. The van der Waals surface area contributed by atoms with Crippen molar-refractivity contribution in [2.24, 2.45) is 0 Å². The number of carbonyl (C=O) groups excluding carboxylic acids is 1. The minimum absolute atomic E-state index is 0.0349. The van der Waals surface area contributed by atoms with Crippen LogP contribution in [-0.2, 0) is 27.7 Å². The molecule has 2 aromatic rings. The first kappa shape index (κ1) is 22.5. The average molecular weight is 455 g/mol. The number of carbonyl (C=O) groups is 1. The fourth-order valence-corrected chi connectivity index (χ4v) is 5.88. The number of esters is 1. The molecule has 3 rings (SSSR count). The smallest absolute Gasteiger partial charge is 0.349 e. The van der Waals surface area contributed by atoms with Crippen molar-refractivity contribution in [1.82, 2.24) is 9.62 Å². The Bertz CT molecular complexity index is 1000. The second kappa shape index (κ2) is 9.78. The van der Waals surface area contributed by atoms with Crippen molar-refractivity contribution in [3.05, 3.63) is 39.6 Å². The fraction of sp³-hybridized carbons (Fsp3) is 0.450. The summed E-state index contributed by atoms with van der Waals surface area (Å²) in [6, 6.07) is 5.45. The van der Waals surface area contributed by atoms with E-state index in [4.69, 9.17) is 9.47 Å². The van der Waals surface area contributed by atoms with Gasteiger partial charge in [0.05, 0.1) is 21.3 Å². The van der Waals surface area contributed by atoms with Crippen LogP contribution in [0.1, 0.15) is 27.2 Å². The molecular formula is C20H26N2O6S2. The molecule has 1 N–H and O–H groups in total. The lowest BCUT2D eigenvalue weighted by molar-refractivity contribution is 0.0602. The maximum Gasteiger partial charge on any atom is 0.349 e. The van der Waals surface area contributed by atoms with Gasteiger partial charge in [0.25, 0.3) is 0 Å². The molecule has 10 heteroatoms. The zero-order valence-electron chi connectivity index (χ0n) is 17.3. The number of sulfonamides is 1. The van der Waals surface area contributed by atoms with Crippen LogP contribution in [0.3, 0.4) is 0 Å². The molecule has 0 saturated carbocycles. The van der Waals surface area contributed by atoms with E-state index in [0.717, 1.165) is 43.1 Å². The van der Waals surface area contributed by atoms with E-state index in [1.54, 1.807) is 19.6 Å². The third kappa shape index (κ3) is 4.94. The highest BCUT2D eigenvalue weighted by molar-refractivity contribution is 7.89. The number of hydrogen-bond acceptors (Lipinski definition) is 8. The number of nitrogens with one attached hydrogen (secondary N) is 1. The second-order valence-electron chi connectivity index (χ2n) is 6.86. The maximum atomic E-state index is 12.5. The lowest BCUT2D eigenvalue weighted by atomic mass is 9.98. The fourth-order valence-electron chi connectivity index (χ4n) is 3.47. The predicted molar refractivity (Wildman–Crippen MR) is 114 cm³/mol. The Kier molecular flexibility index (Phi) is 7.35. The van der Waals surface area contributed by atoms with E-state index in [9.17, 15) is 13.2 Å². The number of hydrogen-bond donors (Lipinski definition) is 1. The molecule has 0 saturated heterocycles. The molecule has 8 nitrogen and oxygen atoms in total. The molecule has 0 atom stereocenters. The van der Waals surface area contributed by atoms with Crippen molar-refractivity contribution in [2.75, 3.05) is 41.0 Å². The van der Waals surface area contributed by atoms with Crippen LogP contribution in [0.2, 0.25) is 0 Å². The second-order valence-corrected chi connectivity index (χ2v) is 9.51. The topological polar surface area (TPSA) is 94.2 Å². The first-order valence-corrected chi connectivity index (χ1v) is 11.9. The van der Waals surface area contributed by atoms with Gasteiger partial charge >= 0.3 is 5.97 Å². The third-order valence-electron chi connectivity index (χ3n) is 5.03. The summed E-state index contributed by atoms with van der Waals surface area (Å²) in [5.41, 5.74) is 2.44. The van der Waals surface area contributed by atoms with Crippen LogP contribution in [-0.4, -0.2) is 60.3 Å². The summed E-state index contributed by atoms with van der Waals surface area (Å²) in [5, 5.41) is 1.56. The minimum atomic E-state index is -3.76. The zero-order valence-corrected chi connectivity index (χ0v) is 18.9. The lowest BCUT2D eigenvalue weighted by Gasteiger charge is -2.29. The van der Waals surface area contributed by atoms with Crippen molar-refractivity contribution in [3.63, 3.8) is 0 Å². The van der Waals surface area contributed by atoms with Gasteiger partial charge in [0.15, 0.2) is 11.5 Å². The molecule has 0 fully saturated rings. The number of nitrogens with zero attached hydrogens (tertiary/aromatic N) is 1. The number of ether oxygens (including phenoxy) is 3. The van der Waals surface area contributed by atoms with E-state index in [-0.39, 0.29) is 16.3 Å². The molecule has 1 aromatic carbocycles. The van der Waals surface area contributed by atoms with Crippen molar-refractivity contribution in [1.29, 1.82) is 0 Å². The summed E-state index contributed by atoms with van der Waals surface area (Å²) < 4.78 is 43.0. The molecule has 30 heavy (non-hydrogen) atoms. The molecule has 1 aliphatic rings. The van der Waals surface area contributed by atoms with Crippen LogP contribution in [0.4, 0.5) is 0 Å². The maximum absolute atomic E-state index is 12.5. The summed E-state index contributed by atoms with van der Waals surface area (Å²) in [4.78, 5) is 14.1. The molecule has 0 aliphatic carbocycles. The van der Waals surface area contributed by atoms with E-state index in [2.05, 4.69) is 14.4 Å². The highest BCUT2D eigenvalue weighted by Crippen LogP contribution is 2.33. The highest BCUT2D eigenvalue weighted by Gasteiger charge is 2.24. The van der Waals surface area contributed by atoms with Crippen molar-refractivity contribution >= 4 is 27.3 Å². The molecular weight excluding hydrogens is 428 g/mol. The first-order chi connectivity index (χ1) is 14.4. The summed E-state index contributed by atoms with van der Waals surface area (Å²) >= 11 is 1.05. The zero-order chi connectivity index (χ0) is 21.7. The van der Waals surface area contributed by atoms with E-state index in [1.165, 1.54) is 24.3 Å². The average Bonchev–Trinajstić information content (AvgIpc) is 3.26. The molecule has 0 bridgehead atoms. The number of rotatable bonds is 9. The van der Waals surface area contributed by atoms with E-state index in [1.807, 2.05) is 12.1 Å². The molecule has 1 aromatic heterocycles. The van der Waals surface area contributed by atoms with Gasteiger partial charge in [0.2, 0.25) is 10.0 Å². The van der Waals surface area contributed by atoms with Crippen LogP contribution in [0.25, 0.3) is 0 Å². The van der Waals surface area contributed by atoms with Gasteiger partial charge in [-0.25, -0.2) is 17.9 Å². The molecule has 2 heterocycles. The third-order valence-corrected chi connectivity index (χ3v) is 7.56. The number of methoxy groups -OCH3 is 3. The van der Waals surface area contributed by atoms with E-state index >= 15 is 0 Å². The molecule has 0 spiro atoms. The Morgan fingerprint density at radius 3 is 2.53 bits per heavy atom. The van der Waals surface area contributed by atoms with E-state index < -0.39 is 16.0 Å². The van der Waals surface area contributed by atoms with Crippen LogP contribution >= 0.6 is 11.3 Å². The van der Waals surface area contributed by atoms with Crippen LogP contribution in [0.5, 0.6) is 11.5 Å². The van der Waals surface area contributed by atoms with Crippen molar-refractivity contribution < 1.29 is 27.4 Å². The van der Waals surface area contributed by atoms with Gasteiger partial charge in [0, 0.05) is 19.6 Å². The van der Waals surface area contributed by atoms with Gasteiger partial charge in [-0.15, -0.1) is 11.3 Å². The first-order valence-electron chi connectivity index (χ1n) is 9.51. The number of thiophene rings is 1. The molecule has 0 unspecified atom stereocenters. The summed E-state index contributed by atoms with van der Waals surface area (Å²) in [7, 11) is 0.721. The quantitative estimate of drug-likeness (QED) is 0.459. The summed E-state index contributed by atoms with van der Waals surface area (Å²) in [6.45, 7) is 2.71. The summed E-state index contributed by atoms with van der Waals surface area (Å²) in [6.07, 6.45) is 1.55. The van der Waals surface area contributed by atoms with Gasteiger partial charge < -0.3 is 14.2 Å². The molecule has 164 valence electrons. The lowest BCUT2D eigenvalue weighted by Crippen LogP contribution is -2.34. The highest BCUT2D eigenvalue weighted by atomic mass is 32.2.